The lowest BCUT2D eigenvalue weighted by atomic mass is 9.89. The summed E-state index contributed by atoms with van der Waals surface area (Å²) in [6.07, 6.45) is 4.44. The van der Waals surface area contributed by atoms with Crippen molar-refractivity contribution in [3.05, 3.63) is 65.5 Å². The molecule has 1 N–H and O–H groups in total. The van der Waals surface area contributed by atoms with E-state index in [2.05, 4.69) is 26.3 Å². The third kappa shape index (κ3) is 6.86. The summed E-state index contributed by atoms with van der Waals surface area (Å²) in [7, 11) is 2.52. The number of nitrogens with one attached hydrogen (secondary N) is 1. The number of carbonyl (C=O) groups is 3. The van der Waals surface area contributed by atoms with Gasteiger partial charge in [-0.05, 0) is 68.7 Å². The van der Waals surface area contributed by atoms with E-state index in [0.29, 0.717) is 18.9 Å². The van der Waals surface area contributed by atoms with Crippen molar-refractivity contribution in [2.75, 3.05) is 40.6 Å². The van der Waals surface area contributed by atoms with Gasteiger partial charge in [-0.1, -0.05) is 12.1 Å². The first-order chi connectivity index (χ1) is 19.3. The Morgan fingerprint density at radius 1 is 1.12 bits per heavy atom. The van der Waals surface area contributed by atoms with Crippen LogP contribution in [0.3, 0.4) is 0 Å². The van der Waals surface area contributed by atoms with Crippen molar-refractivity contribution in [2.24, 2.45) is 10.9 Å². The molecule has 10 nitrogen and oxygen atoms in total. The summed E-state index contributed by atoms with van der Waals surface area (Å²) in [6, 6.07) is 7.01. The maximum Gasteiger partial charge on any atom is 0.343 e. The van der Waals surface area contributed by atoms with Gasteiger partial charge >= 0.3 is 12.0 Å². The Labute approximate surface area is 231 Å². The number of rotatable bonds is 9. The van der Waals surface area contributed by atoms with Crippen LogP contribution in [0.25, 0.3) is 0 Å². The average Bonchev–Trinajstić information content (AvgIpc) is 2.97. The van der Waals surface area contributed by atoms with Crippen molar-refractivity contribution >= 4 is 23.7 Å². The van der Waals surface area contributed by atoms with Crippen molar-refractivity contribution in [3.8, 4) is 0 Å². The second-order valence-corrected chi connectivity index (χ2v) is 9.79. The number of carbonyl (C=O) groups excluding carboxylic acids is 3. The Balaban J connectivity index is 1.43. The maximum absolute atomic E-state index is 14.0. The predicted molar refractivity (Wildman–Crippen MR) is 141 cm³/mol. The Morgan fingerprint density at radius 3 is 2.55 bits per heavy atom. The molecule has 2 aliphatic heterocycles. The zero-order valence-electron chi connectivity index (χ0n) is 22.5. The van der Waals surface area contributed by atoms with Gasteiger partial charge in [-0.2, -0.15) is 4.99 Å². The fourth-order valence-corrected chi connectivity index (χ4v) is 5.20. The number of likely N-dealkylation sites (tertiary alicyclic amines) is 1. The molecule has 2 unspecified atom stereocenters. The summed E-state index contributed by atoms with van der Waals surface area (Å²) in [6.45, 7) is 2.22. The van der Waals surface area contributed by atoms with Gasteiger partial charge < -0.3 is 19.7 Å². The monoisotopic (exact) mass is 557 g/mol. The van der Waals surface area contributed by atoms with Crippen LogP contribution in [0.2, 0.25) is 0 Å². The highest BCUT2D eigenvalue weighted by molar-refractivity contribution is 6.13. The molecular formula is C28H33F2N5O5. The summed E-state index contributed by atoms with van der Waals surface area (Å²) >= 11 is 0. The highest BCUT2D eigenvalue weighted by Gasteiger charge is 2.43. The molecule has 1 aromatic carbocycles. The Morgan fingerprint density at radius 2 is 1.90 bits per heavy atom. The van der Waals surface area contributed by atoms with Crippen LogP contribution in [-0.4, -0.2) is 79.1 Å². The van der Waals surface area contributed by atoms with Gasteiger partial charge in [0.05, 0.1) is 13.2 Å². The molecule has 3 heterocycles. The van der Waals surface area contributed by atoms with Crippen LogP contribution in [0.1, 0.15) is 48.9 Å². The topological polar surface area (TPSA) is 113 Å². The molecule has 0 saturated carbocycles. The zero-order chi connectivity index (χ0) is 28.6. The van der Waals surface area contributed by atoms with E-state index in [0.717, 1.165) is 55.8 Å². The smallest absolute Gasteiger partial charge is 0.343 e. The third-order valence-corrected chi connectivity index (χ3v) is 7.26. The summed E-state index contributed by atoms with van der Waals surface area (Å²) < 4.78 is 37.8. The lowest BCUT2D eigenvalue weighted by molar-refractivity contribution is -0.144. The highest BCUT2D eigenvalue weighted by Crippen LogP contribution is 2.31. The number of urea groups is 1. The van der Waals surface area contributed by atoms with E-state index >= 15 is 0 Å². The Kier molecular flexibility index (Phi) is 9.88. The largest absolute Gasteiger partial charge is 0.468 e. The molecule has 0 aliphatic carbocycles. The number of aromatic nitrogens is 1. The number of amides is 3. The van der Waals surface area contributed by atoms with Gasteiger partial charge in [-0.3, -0.25) is 19.5 Å². The fourth-order valence-electron chi connectivity index (χ4n) is 5.20. The number of aliphatic imine (C=N–C) groups is 1. The minimum Gasteiger partial charge on any atom is -0.468 e. The van der Waals surface area contributed by atoms with Crippen molar-refractivity contribution in [1.82, 2.24) is 20.1 Å². The molecule has 1 aromatic heterocycles. The van der Waals surface area contributed by atoms with E-state index in [1.165, 1.54) is 13.2 Å². The van der Waals surface area contributed by atoms with Crippen LogP contribution in [0.15, 0.2) is 47.6 Å². The van der Waals surface area contributed by atoms with Gasteiger partial charge in [0.25, 0.3) is 0 Å². The molecule has 0 radical (unpaired) electrons. The lowest BCUT2D eigenvalue weighted by Gasteiger charge is -2.35. The van der Waals surface area contributed by atoms with Crippen LogP contribution < -0.4 is 5.32 Å². The van der Waals surface area contributed by atoms with Crippen LogP contribution in [0.4, 0.5) is 13.6 Å². The number of methoxy groups -OCH3 is 2. The molecular weight excluding hydrogens is 524 g/mol. The standard InChI is InChI=1S/C28H33F2N5O5/c1-39-17-35(23(36)7-5-13-34-14-10-18(11-15-34)22-6-3-4-12-31-22)26-24(27(37)40-2)25(32-28(38)33-26)19-8-9-20(29)21(30)16-19/h3-4,6,8-9,12,16,18,24-25H,5,7,10-11,13-15,17H2,1-2H3,(H,32,38). The van der Waals surface area contributed by atoms with Gasteiger partial charge in [0.15, 0.2) is 11.6 Å². The number of nitrogens with zero attached hydrogens (tertiary/aromatic N) is 4. The Bertz CT molecular complexity index is 1240. The van der Waals surface area contributed by atoms with E-state index in [4.69, 9.17) is 9.47 Å². The number of piperidine rings is 1. The summed E-state index contributed by atoms with van der Waals surface area (Å²) in [5, 5.41) is 2.51. The first kappa shape index (κ1) is 29.2. The molecule has 1 saturated heterocycles. The predicted octanol–water partition coefficient (Wildman–Crippen LogP) is 3.40. The minimum atomic E-state index is -1.29. The number of hydrogen-bond acceptors (Lipinski definition) is 7. The second-order valence-electron chi connectivity index (χ2n) is 9.79. The average molecular weight is 558 g/mol. The molecule has 0 spiro atoms. The van der Waals surface area contributed by atoms with Gasteiger partial charge in [0, 0.05) is 31.3 Å². The third-order valence-electron chi connectivity index (χ3n) is 7.26. The van der Waals surface area contributed by atoms with Crippen LogP contribution in [-0.2, 0) is 19.1 Å². The molecule has 4 rings (SSSR count). The Hall–Kier alpha value is -3.77. The van der Waals surface area contributed by atoms with E-state index in [9.17, 15) is 23.2 Å². The molecule has 214 valence electrons. The van der Waals surface area contributed by atoms with Crippen molar-refractivity contribution in [1.29, 1.82) is 0 Å². The van der Waals surface area contributed by atoms with Crippen LogP contribution >= 0.6 is 0 Å². The summed E-state index contributed by atoms with van der Waals surface area (Å²) in [4.78, 5) is 50.6. The minimum absolute atomic E-state index is 0.119. The molecule has 1 fully saturated rings. The maximum atomic E-state index is 14.0. The molecule has 2 aliphatic rings. The van der Waals surface area contributed by atoms with Crippen LogP contribution in [0, 0.1) is 17.6 Å². The number of pyridine rings is 1. The molecule has 40 heavy (non-hydrogen) atoms. The fraction of sp³-hybridized carbons (Fsp3) is 0.464. The van der Waals surface area contributed by atoms with Crippen LogP contribution in [0.5, 0.6) is 0 Å². The number of hydrogen-bond donors (Lipinski definition) is 1. The van der Waals surface area contributed by atoms with Crippen molar-refractivity contribution in [2.45, 2.75) is 37.6 Å². The normalized spacial score (nSPS) is 20.0. The van der Waals surface area contributed by atoms with Gasteiger partial charge in [0.1, 0.15) is 18.5 Å². The molecule has 12 heteroatoms. The second kappa shape index (κ2) is 13.5. The van der Waals surface area contributed by atoms with E-state index in [-0.39, 0.29) is 24.6 Å². The SMILES string of the molecule is COCN(C(=O)CCCN1CCC(c2ccccn2)CC1)C1=NC(=O)NC(c2ccc(F)c(F)c2)C1C(=O)OC. The summed E-state index contributed by atoms with van der Waals surface area (Å²) in [5.41, 5.74) is 1.22. The lowest BCUT2D eigenvalue weighted by Crippen LogP contribution is -2.53. The van der Waals surface area contributed by atoms with Gasteiger partial charge in [0.2, 0.25) is 5.91 Å². The van der Waals surface area contributed by atoms with Crippen molar-refractivity contribution in [3.63, 3.8) is 0 Å². The number of esters is 1. The molecule has 2 atom stereocenters. The number of amidine groups is 1. The molecule has 2 aromatic rings. The van der Waals surface area contributed by atoms with E-state index < -0.39 is 41.5 Å². The number of halogens is 2. The highest BCUT2D eigenvalue weighted by atomic mass is 19.2. The molecule has 3 amide bonds. The van der Waals surface area contributed by atoms with E-state index in [1.54, 1.807) is 0 Å². The number of benzene rings is 1. The first-order valence-corrected chi connectivity index (χ1v) is 13.2. The molecule has 0 bridgehead atoms. The van der Waals surface area contributed by atoms with Crippen molar-refractivity contribution < 1.29 is 32.6 Å². The quantitative estimate of drug-likeness (QED) is 0.371. The summed E-state index contributed by atoms with van der Waals surface area (Å²) in [5.74, 6) is -4.47. The number of ether oxygens (including phenoxy) is 2. The van der Waals surface area contributed by atoms with Gasteiger partial charge in [-0.15, -0.1) is 0 Å². The zero-order valence-corrected chi connectivity index (χ0v) is 22.5. The van der Waals surface area contributed by atoms with E-state index in [1.807, 2.05) is 18.3 Å². The van der Waals surface area contributed by atoms with Gasteiger partial charge in [-0.25, -0.2) is 13.6 Å². The first-order valence-electron chi connectivity index (χ1n) is 13.2.